The van der Waals surface area contributed by atoms with Crippen LogP contribution in [0.5, 0.6) is 0 Å². The predicted octanol–water partition coefficient (Wildman–Crippen LogP) is 6.20. The Balaban J connectivity index is 1.47. The van der Waals surface area contributed by atoms with Crippen LogP contribution in [-0.4, -0.2) is 35.5 Å². The van der Waals surface area contributed by atoms with Crippen LogP contribution in [-0.2, 0) is 13.2 Å². The van der Waals surface area contributed by atoms with E-state index in [4.69, 9.17) is 0 Å². The fraction of sp³-hybridized carbons (Fsp3) is 0.0667. The molecule has 2 heterocycles. The number of carboxylic acids is 1. The smallest absolute Gasteiger partial charge is 0.353 e. The lowest BCUT2D eigenvalue weighted by molar-refractivity contribution is 0.0687. The number of nitrogens with one attached hydrogen (secondary N) is 2. The molecule has 0 spiro atoms. The molecular formula is C30H23N5O4S. The van der Waals surface area contributed by atoms with E-state index >= 15 is 0 Å². The number of anilines is 2. The number of carbonyl (C=O) groups excluding carboxylic acids is 1. The van der Waals surface area contributed by atoms with Gasteiger partial charge in [0.15, 0.2) is 0 Å². The predicted molar refractivity (Wildman–Crippen MR) is 156 cm³/mol. The number of carboxylic acid groups (broad SMARTS) is 1. The van der Waals surface area contributed by atoms with Crippen LogP contribution in [0.1, 0.15) is 21.6 Å². The van der Waals surface area contributed by atoms with Crippen LogP contribution in [0, 0.1) is 0 Å². The van der Waals surface area contributed by atoms with Crippen molar-refractivity contribution in [2.24, 2.45) is 0 Å². The molecule has 2 amide bonds. The maximum Gasteiger partial charge on any atom is 0.353 e. The molecule has 0 bridgehead atoms. The molecule has 4 N–H and O–H groups in total. The highest BCUT2D eigenvalue weighted by Crippen LogP contribution is 2.37. The summed E-state index contributed by atoms with van der Waals surface area (Å²) in [6.45, 7) is 0.175. The van der Waals surface area contributed by atoms with Crippen LogP contribution < -0.4 is 10.6 Å². The van der Waals surface area contributed by atoms with Gasteiger partial charge in [0, 0.05) is 34.4 Å². The molecule has 0 atom stereocenters. The first-order chi connectivity index (χ1) is 19.5. The lowest BCUT2D eigenvalue weighted by Gasteiger charge is -2.10. The maximum atomic E-state index is 12.8. The Morgan fingerprint density at radius 1 is 0.800 bits per heavy atom. The first-order valence-corrected chi connectivity index (χ1v) is 13.2. The standard InChI is InChI=1S/C30H23N5O4S/c36-17-18-6-9-20(10-7-18)27-23-15-22(32-30(39)31-21-4-2-1-3-5-21)11-13-26(23)35(28(27)29(37)38)16-19-8-12-24-25(14-19)34-40-33-24/h1-15,36H,16-17H2,(H,37,38)(H2,31,32,39). The Hall–Kier alpha value is -5.06. The van der Waals surface area contributed by atoms with Crippen molar-refractivity contribution in [1.29, 1.82) is 0 Å². The molecule has 0 aliphatic carbocycles. The highest BCUT2D eigenvalue weighted by molar-refractivity contribution is 7.00. The quantitative estimate of drug-likeness (QED) is 0.188. The van der Waals surface area contributed by atoms with Gasteiger partial charge in [-0.2, -0.15) is 8.75 Å². The van der Waals surface area contributed by atoms with Crippen LogP contribution in [0.3, 0.4) is 0 Å². The SMILES string of the molecule is O=C(Nc1ccccc1)Nc1ccc2c(c1)c(-c1ccc(CO)cc1)c(C(=O)O)n2Cc1ccc2nsnc2c1. The number of para-hydroxylation sites is 1. The number of nitrogens with zero attached hydrogens (tertiary/aromatic N) is 3. The topological polar surface area (TPSA) is 129 Å². The third-order valence-electron chi connectivity index (χ3n) is 6.64. The zero-order valence-electron chi connectivity index (χ0n) is 21.0. The first-order valence-electron chi connectivity index (χ1n) is 12.4. The summed E-state index contributed by atoms with van der Waals surface area (Å²) in [4.78, 5) is 25.5. The summed E-state index contributed by atoms with van der Waals surface area (Å²) in [6.07, 6.45) is 0. The van der Waals surface area contributed by atoms with E-state index in [0.29, 0.717) is 39.9 Å². The number of carbonyl (C=O) groups is 2. The molecular weight excluding hydrogens is 526 g/mol. The molecule has 0 fully saturated rings. The van der Waals surface area contributed by atoms with Crippen molar-refractivity contribution >= 4 is 57.0 Å². The number of fused-ring (bicyclic) bond motifs is 2. The van der Waals surface area contributed by atoms with E-state index in [-0.39, 0.29) is 12.3 Å². The van der Waals surface area contributed by atoms with Crippen LogP contribution in [0.2, 0.25) is 0 Å². The first kappa shape index (κ1) is 25.2. The number of aliphatic hydroxyl groups is 1. The molecule has 0 aliphatic rings. The summed E-state index contributed by atoms with van der Waals surface area (Å²) in [7, 11) is 0. The molecule has 6 rings (SSSR count). The molecule has 40 heavy (non-hydrogen) atoms. The second-order valence-corrected chi connectivity index (χ2v) is 9.76. The Kier molecular flexibility index (Phi) is 6.69. The number of rotatable bonds is 7. The van der Waals surface area contributed by atoms with Gasteiger partial charge in [0.2, 0.25) is 0 Å². The van der Waals surface area contributed by atoms with Crippen molar-refractivity contribution in [2.75, 3.05) is 10.6 Å². The van der Waals surface area contributed by atoms with E-state index in [1.165, 1.54) is 0 Å². The van der Waals surface area contributed by atoms with Crippen molar-refractivity contribution in [2.45, 2.75) is 13.2 Å². The summed E-state index contributed by atoms with van der Waals surface area (Å²) in [5.41, 5.74) is 6.33. The van der Waals surface area contributed by atoms with Crippen molar-refractivity contribution in [3.05, 3.63) is 108 Å². The Morgan fingerprint density at radius 2 is 1.52 bits per heavy atom. The lowest BCUT2D eigenvalue weighted by Crippen LogP contribution is -2.19. The summed E-state index contributed by atoms with van der Waals surface area (Å²) >= 11 is 1.13. The molecule has 0 saturated heterocycles. The van der Waals surface area contributed by atoms with Crippen LogP contribution in [0.15, 0.2) is 91.0 Å². The van der Waals surface area contributed by atoms with Crippen molar-refractivity contribution in [3.63, 3.8) is 0 Å². The van der Waals surface area contributed by atoms with Gasteiger partial charge in [-0.05, 0) is 59.2 Å². The van der Waals surface area contributed by atoms with Crippen molar-refractivity contribution in [1.82, 2.24) is 13.3 Å². The van der Waals surface area contributed by atoms with E-state index < -0.39 is 12.0 Å². The fourth-order valence-corrected chi connectivity index (χ4v) is 5.33. The molecule has 0 unspecified atom stereocenters. The highest BCUT2D eigenvalue weighted by atomic mass is 32.1. The summed E-state index contributed by atoms with van der Waals surface area (Å²) in [5, 5.41) is 26.3. The fourth-order valence-electron chi connectivity index (χ4n) is 4.81. The van der Waals surface area contributed by atoms with Crippen LogP contribution >= 0.6 is 11.7 Å². The van der Waals surface area contributed by atoms with Gasteiger partial charge in [-0.3, -0.25) is 0 Å². The third kappa shape index (κ3) is 4.89. The molecule has 0 aliphatic heterocycles. The van der Waals surface area contributed by atoms with Gasteiger partial charge >= 0.3 is 12.0 Å². The molecule has 6 aromatic rings. The Labute approximate surface area is 232 Å². The summed E-state index contributed by atoms with van der Waals surface area (Å²) in [5.74, 6) is -1.08. The van der Waals surface area contributed by atoms with Gasteiger partial charge in [0.05, 0.1) is 18.3 Å². The number of benzene rings is 4. The molecule has 10 heteroatoms. The number of hydrogen-bond acceptors (Lipinski definition) is 6. The minimum absolute atomic E-state index is 0.119. The number of aromatic carboxylic acids is 1. The average Bonchev–Trinajstić information content (AvgIpc) is 3.56. The minimum Gasteiger partial charge on any atom is -0.477 e. The average molecular weight is 550 g/mol. The second kappa shape index (κ2) is 10.6. The summed E-state index contributed by atoms with van der Waals surface area (Å²) < 4.78 is 10.3. The Bertz CT molecular complexity index is 1860. The van der Waals surface area contributed by atoms with E-state index in [1.807, 2.05) is 42.5 Å². The number of aromatic nitrogens is 3. The van der Waals surface area contributed by atoms with Gasteiger partial charge < -0.3 is 25.4 Å². The van der Waals surface area contributed by atoms with E-state index in [2.05, 4.69) is 19.4 Å². The Morgan fingerprint density at radius 3 is 2.27 bits per heavy atom. The number of amides is 2. The van der Waals surface area contributed by atoms with Crippen molar-refractivity contribution < 1.29 is 19.8 Å². The normalized spacial score (nSPS) is 11.1. The third-order valence-corrected chi connectivity index (χ3v) is 7.20. The monoisotopic (exact) mass is 549 g/mol. The highest BCUT2D eigenvalue weighted by Gasteiger charge is 2.24. The molecule has 9 nitrogen and oxygen atoms in total. The number of urea groups is 1. The zero-order valence-corrected chi connectivity index (χ0v) is 21.9. The molecule has 4 aromatic carbocycles. The largest absolute Gasteiger partial charge is 0.477 e. The van der Waals surface area contributed by atoms with Gasteiger partial charge in [0.1, 0.15) is 16.7 Å². The van der Waals surface area contributed by atoms with E-state index in [1.54, 1.807) is 53.1 Å². The molecule has 0 radical (unpaired) electrons. The number of aliphatic hydroxyl groups excluding tert-OH is 1. The lowest BCUT2D eigenvalue weighted by atomic mass is 10.00. The maximum absolute atomic E-state index is 12.8. The molecule has 198 valence electrons. The van der Waals surface area contributed by atoms with E-state index in [0.717, 1.165) is 33.9 Å². The van der Waals surface area contributed by atoms with Gasteiger partial charge in [-0.25, -0.2) is 9.59 Å². The number of hydrogen-bond donors (Lipinski definition) is 4. The second-order valence-electron chi connectivity index (χ2n) is 9.23. The molecule has 0 saturated carbocycles. The molecule has 2 aromatic heterocycles. The van der Waals surface area contributed by atoms with Crippen molar-refractivity contribution in [3.8, 4) is 11.1 Å². The van der Waals surface area contributed by atoms with E-state index in [9.17, 15) is 19.8 Å². The van der Waals surface area contributed by atoms with Gasteiger partial charge in [-0.1, -0.05) is 48.5 Å². The van der Waals surface area contributed by atoms with Crippen LogP contribution in [0.4, 0.5) is 16.2 Å². The zero-order chi connectivity index (χ0) is 27.6. The minimum atomic E-state index is -1.08. The van der Waals surface area contributed by atoms with Gasteiger partial charge in [-0.15, -0.1) is 0 Å². The summed E-state index contributed by atoms with van der Waals surface area (Å²) in [6, 6.07) is 26.9. The van der Waals surface area contributed by atoms with Gasteiger partial charge in [0.25, 0.3) is 0 Å². The van der Waals surface area contributed by atoms with Crippen LogP contribution in [0.25, 0.3) is 33.1 Å².